The molecule has 0 saturated carbocycles. The molecule has 1 aliphatic heterocycles. The Hall–Kier alpha value is -0.400. The molecule has 0 unspecified atom stereocenters. The Labute approximate surface area is 161 Å². The minimum absolute atomic E-state index is 0. The second kappa shape index (κ2) is 11.3. The van der Waals surface area contributed by atoms with Crippen molar-refractivity contribution in [2.45, 2.75) is 39.0 Å². The number of nitrogens with zero attached hydrogens (tertiary/aromatic N) is 1. The van der Waals surface area contributed by atoms with Crippen molar-refractivity contribution in [3.05, 3.63) is 16.1 Å². The van der Waals surface area contributed by atoms with Gasteiger partial charge in [0.05, 0.1) is 22.7 Å². The van der Waals surface area contributed by atoms with Gasteiger partial charge in [0.2, 0.25) is 5.91 Å². The molecule has 1 fully saturated rings. The molecule has 5 nitrogen and oxygen atoms in total. The van der Waals surface area contributed by atoms with Gasteiger partial charge in [0.1, 0.15) is 0 Å². The first kappa shape index (κ1) is 23.6. The van der Waals surface area contributed by atoms with Crippen molar-refractivity contribution in [1.82, 2.24) is 15.6 Å². The summed E-state index contributed by atoms with van der Waals surface area (Å²) in [7, 11) is 1.67. The summed E-state index contributed by atoms with van der Waals surface area (Å²) < 4.78 is 5.30. The van der Waals surface area contributed by atoms with Gasteiger partial charge in [-0.05, 0) is 25.9 Å². The molecule has 1 aromatic rings. The first-order chi connectivity index (χ1) is 10.6. The molecule has 2 rings (SSSR count). The summed E-state index contributed by atoms with van der Waals surface area (Å²) in [6.45, 7) is 7.18. The van der Waals surface area contributed by atoms with Crippen molar-refractivity contribution < 1.29 is 9.53 Å². The van der Waals surface area contributed by atoms with Gasteiger partial charge in [0, 0.05) is 31.4 Å². The number of nitrogens with one attached hydrogen (secondary N) is 2. The number of rotatable bonds is 7. The number of amides is 1. The summed E-state index contributed by atoms with van der Waals surface area (Å²) >= 11 is 1.70. The van der Waals surface area contributed by atoms with E-state index < -0.39 is 0 Å². The summed E-state index contributed by atoms with van der Waals surface area (Å²) in [5.74, 6) is 0.586. The lowest BCUT2D eigenvalue weighted by molar-refractivity contribution is -0.136. The van der Waals surface area contributed by atoms with Gasteiger partial charge in [-0.15, -0.1) is 36.2 Å². The van der Waals surface area contributed by atoms with Crippen molar-refractivity contribution in [2.75, 3.05) is 33.4 Å². The van der Waals surface area contributed by atoms with Crippen LogP contribution in [-0.2, 0) is 16.0 Å². The van der Waals surface area contributed by atoms with Gasteiger partial charge in [-0.25, -0.2) is 4.98 Å². The maximum atomic E-state index is 12.6. The Bertz CT molecular complexity index is 486. The lowest BCUT2D eigenvalue weighted by atomic mass is 9.78. The second-order valence-corrected chi connectivity index (χ2v) is 7.19. The third kappa shape index (κ3) is 6.15. The summed E-state index contributed by atoms with van der Waals surface area (Å²) in [5.41, 5.74) is 0.700. The maximum Gasteiger partial charge on any atom is 0.228 e. The van der Waals surface area contributed by atoms with E-state index in [9.17, 15) is 4.79 Å². The van der Waals surface area contributed by atoms with E-state index in [1.807, 2.05) is 0 Å². The Kier molecular flexibility index (Phi) is 11.1. The quantitative estimate of drug-likeness (QED) is 0.742. The fraction of sp³-hybridized carbons (Fsp3) is 0.750. The van der Waals surface area contributed by atoms with Gasteiger partial charge in [0.15, 0.2) is 0 Å². The number of halogens is 2. The average Bonchev–Trinajstić information content (AvgIpc) is 2.97. The van der Waals surface area contributed by atoms with Crippen LogP contribution in [0.3, 0.4) is 0 Å². The molecule has 1 aliphatic rings. The van der Waals surface area contributed by atoms with Gasteiger partial charge < -0.3 is 15.4 Å². The first-order valence-corrected chi connectivity index (χ1v) is 8.87. The molecule has 8 heteroatoms. The van der Waals surface area contributed by atoms with Crippen LogP contribution in [0, 0.1) is 5.41 Å². The Balaban J connectivity index is 0.00000264. The van der Waals surface area contributed by atoms with E-state index in [-0.39, 0.29) is 36.1 Å². The number of methoxy groups -OCH3 is 1. The highest BCUT2D eigenvalue weighted by molar-refractivity contribution is 7.09. The fourth-order valence-corrected chi connectivity index (χ4v) is 3.68. The van der Waals surface area contributed by atoms with Crippen molar-refractivity contribution in [1.29, 1.82) is 0 Å². The smallest absolute Gasteiger partial charge is 0.228 e. The number of carbonyl (C=O) groups excluding carboxylic acids is 1. The minimum Gasteiger partial charge on any atom is -0.384 e. The largest absolute Gasteiger partial charge is 0.384 e. The first-order valence-electron chi connectivity index (χ1n) is 8.00. The van der Waals surface area contributed by atoms with Crippen molar-refractivity contribution in [3.63, 3.8) is 0 Å². The molecule has 1 amide bonds. The van der Waals surface area contributed by atoms with E-state index in [4.69, 9.17) is 4.74 Å². The minimum atomic E-state index is -0.370. The molecule has 0 bridgehead atoms. The van der Waals surface area contributed by atoms with Crippen LogP contribution >= 0.6 is 36.2 Å². The SMILES string of the molecule is COCC1(C(=O)NCCc2csc(C(C)C)n2)CCNCC1.Cl.Cl. The molecular weight excluding hydrogens is 369 g/mol. The molecule has 0 spiro atoms. The van der Waals surface area contributed by atoms with Crippen LogP contribution in [0.4, 0.5) is 0 Å². The van der Waals surface area contributed by atoms with Crippen molar-refractivity contribution in [3.8, 4) is 0 Å². The van der Waals surface area contributed by atoms with E-state index in [1.54, 1.807) is 18.4 Å². The summed E-state index contributed by atoms with van der Waals surface area (Å²) in [4.78, 5) is 17.2. The van der Waals surface area contributed by atoms with E-state index in [0.29, 0.717) is 19.1 Å². The van der Waals surface area contributed by atoms with Crippen LogP contribution in [0.1, 0.15) is 43.3 Å². The standard InChI is InChI=1S/C16H27N3O2S.2ClH/c1-12(2)14-19-13(10-22-14)4-7-18-15(20)16(11-21-3)5-8-17-9-6-16;;/h10,12,17H,4-9,11H2,1-3H3,(H,18,20);2*1H. The number of aromatic nitrogens is 1. The zero-order chi connectivity index (χ0) is 16.0. The monoisotopic (exact) mass is 397 g/mol. The summed E-state index contributed by atoms with van der Waals surface area (Å²) in [5, 5.41) is 9.64. The highest BCUT2D eigenvalue weighted by Gasteiger charge is 2.39. The maximum absolute atomic E-state index is 12.6. The number of carbonyl (C=O) groups is 1. The van der Waals surface area contributed by atoms with Gasteiger partial charge >= 0.3 is 0 Å². The lowest BCUT2D eigenvalue weighted by Gasteiger charge is -2.35. The lowest BCUT2D eigenvalue weighted by Crippen LogP contribution is -2.50. The van der Waals surface area contributed by atoms with E-state index in [0.717, 1.165) is 43.1 Å². The van der Waals surface area contributed by atoms with Crippen LogP contribution in [0.25, 0.3) is 0 Å². The van der Waals surface area contributed by atoms with Gasteiger partial charge in [-0.3, -0.25) is 4.79 Å². The Morgan fingerprint density at radius 2 is 2.08 bits per heavy atom. The van der Waals surface area contributed by atoms with E-state index in [2.05, 4.69) is 34.8 Å². The van der Waals surface area contributed by atoms with Crippen LogP contribution in [-0.4, -0.2) is 44.2 Å². The van der Waals surface area contributed by atoms with Gasteiger partial charge in [-0.1, -0.05) is 13.8 Å². The second-order valence-electron chi connectivity index (χ2n) is 6.30. The zero-order valence-corrected chi connectivity index (χ0v) is 17.0. The molecule has 140 valence electrons. The number of ether oxygens (including phenoxy) is 1. The number of hydrogen-bond donors (Lipinski definition) is 2. The van der Waals surface area contributed by atoms with E-state index >= 15 is 0 Å². The molecule has 0 radical (unpaired) electrons. The normalized spacial score (nSPS) is 16.2. The third-order valence-electron chi connectivity index (χ3n) is 4.19. The van der Waals surface area contributed by atoms with Gasteiger partial charge in [-0.2, -0.15) is 0 Å². The highest BCUT2D eigenvalue weighted by atomic mass is 35.5. The zero-order valence-electron chi connectivity index (χ0n) is 14.6. The molecule has 0 aromatic carbocycles. The third-order valence-corrected chi connectivity index (χ3v) is 5.39. The topological polar surface area (TPSA) is 63.2 Å². The summed E-state index contributed by atoms with van der Waals surface area (Å²) in [6, 6.07) is 0. The highest BCUT2D eigenvalue weighted by Crippen LogP contribution is 2.29. The number of thiazole rings is 1. The number of piperidine rings is 1. The van der Waals surface area contributed by atoms with Crippen LogP contribution in [0.5, 0.6) is 0 Å². The van der Waals surface area contributed by atoms with E-state index in [1.165, 1.54) is 0 Å². The molecule has 24 heavy (non-hydrogen) atoms. The molecular formula is C16H29Cl2N3O2S. The molecule has 1 aromatic heterocycles. The van der Waals surface area contributed by atoms with Crippen molar-refractivity contribution in [2.24, 2.45) is 5.41 Å². The molecule has 1 saturated heterocycles. The van der Waals surface area contributed by atoms with Crippen molar-refractivity contribution >= 4 is 42.1 Å². The average molecular weight is 398 g/mol. The summed E-state index contributed by atoms with van der Waals surface area (Å²) in [6.07, 6.45) is 2.46. The molecule has 0 aliphatic carbocycles. The van der Waals surface area contributed by atoms with Gasteiger partial charge in [0.25, 0.3) is 0 Å². The molecule has 2 N–H and O–H groups in total. The molecule has 0 atom stereocenters. The van der Waals surface area contributed by atoms with Crippen LogP contribution < -0.4 is 10.6 Å². The Morgan fingerprint density at radius 1 is 1.42 bits per heavy atom. The Morgan fingerprint density at radius 3 is 2.62 bits per heavy atom. The van der Waals surface area contributed by atoms with Crippen LogP contribution in [0.15, 0.2) is 5.38 Å². The fourth-order valence-electron chi connectivity index (χ4n) is 2.81. The molecule has 2 heterocycles. The van der Waals surface area contributed by atoms with Crippen LogP contribution in [0.2, 0.25) is 0 Å². The number of hydrogen-bond acceptors (Lipinski definition) is 5. The predicted molar refractivity (Wildman–Crippen MR) is 104 cm³/mol. The predicted octanol–water partition coefficient (Wildman–Crippen LogP) is 2.79.